The van der Waals surface area contributed by atoms with Gasteiger partial charge >= 0.3 is 0 Å². The van der Waals surface area contributed by atoms with E-state index in [0.717, 1.165) is 33.7 Å². The van der Waals surface area contributed by atoms with Crippen LogP contribution in [0.2, 0.25) is 0 Å². The number of nitrogens with zero attached hydrogens (tertiary/aromatic N) is 2. The van der Waals surface area contributed by atoms with Gasteiger partial charge in [0.2, 0.25) is 0 Å². The van der Waals surface area contributed by atoms with Gasteiger partial charge in [-0.1, -0.05) is 0 Å². The highest BCUT2D eigenvalue weighted by Crippen LogP contribution is 2.30. The molecule has 126 valence electrons. The maximum atomic E-state index is 5.34. The van der Waals surface area contributed by atoms with Crippen molar-refractivity contribution in [3.8, 4) is 5.75 Å². The molecule has 3 aromatic rings. The van der Waals surface area contributed by atoms with Crippen molar-refractivity contribution in [2.45, 2.75) is 6.92 Å². The van der Waals surface area contributed by atoms with Crippen molar-refractivity contribution in [2.24, 2.45) is 0 Å². The summed E-state index contributed by atoms with van der Waals surface area (Å²) in [6.45, 7) is 2.00. The van der Waals surface area contributed by atoms with E-state index in [9.17, 15) is 0 Å². The van der Waals surface area contributed by atoms with Gasteiger partial charge in [-0.2, -0.15) is 0 Å². The van der Waals surface area contributed by atoms with Gasteiger partial charge in [-0.15, -0.1) is 0 Å². The van der Waals surface area contributed by atoms with Crippen molar-refractivity contribution in [2.75, 3.05) is 31.4 Å². The Balaban J connectivity index is 0.00000208. The number of fused-ring (bicyclic) bond motifs is 1. The monoisotopic (exact) mass is 342 g/mol. The van der Waals surface area contributed by atoms with Gasteiger partial charge in [-0.25, -0.2) is 0 Å². The Morgan fingerprint density at radius 2 is 1.71 bits per heavy atom. The van der Waals surface area contributed by atoms with Crippen LogP contribution >= 0.6 is 0 Å². The lowest BCUT2D eigenvalue weighted by atomic mass is 10.1. The second-order valence-electron chi connectivity index (χ2n) is 5.76. The lowest BCUT2D eigenvalue weighted by Crippen LogP contribution is -3.00. The van der Waals surface area contributed by atoms with Gasteiger partial charge in [-0.3, -0.25) is 4.98 Å². The summed E-state index contributed by atoms with van der Waals surface area (Å²) >= 11 is 0. The normalized spacial score (nSPS) is 10.2. The topological polar surface area (TPSA) is 37.4 Å². The van der Waals surface area contributed by atoms with Crippen LogP contribution in [0, 0.1) is 6.92 Å². The molecule has 1 N–H and O–H groups in total. The van der Waals surface area contributed by atoms with Crippen molar-refractivity contribution >= 4 is 28.0 Å². The summed E-state index contributed by atoms with van der Waals surface area (Å²) in [6, 6.07) is 16.3. The van der Waals surface area contributed by atoms with Crippen molar-refractivity contribution in [1.29, 1.82) is 0 Å². The third kappa shape index (κ3) is 3.71. The SMILES string of the molecule is COc1ccc2nc(C)cc(Nc3ccc(N(C)C)cc3)c2c1.[Cl-]. The standard InChI is InChI=1S/C19H21N3O.ClH/c1-13-11-19(17-12-16(23-4)9-10-18(17)20-13)21-14-5-7-15(8-6-14)22(2)3;/h5-12H,1-4H3,(H,20,21);1H/p-1. The van der Waals surface area contributed by atoms with Gasteiger partial charge in [0.25, 0.3) is 0 Å². The molecule has 0 saturated heterocycles. The molecule has 0 radical (unpaired) electrons. The highest BCUT2D eigenvalue weighted by Gasteiger charge is 2.06. The molecule has 0 aliphatic heterocycles. The molecule has 0 unspecified atom stereocenters. The zero-order valence-electron chi connectivity index (χ0n) is 14.3. The first-order valence-corrected chi connectivity index (χ1v) is 7.56. The highest BCUT2D eigenvalue weighted by molar-refractivity contribution is 5.94. The number of methoxy groups -OCH3 is 1. The average molecular weight is 343 g/mol. The fourth-order valence-corrected chi connectivity index (χ4v) is 2.57. The molecule has 3 rings (SSSR count). The molecule has 0 aliphatic rings. The maximum absolute atomic E-state index is 5.34. The van der Waals surface area contributed by atoms with Gasteiger partial charge in [-0.05, 0) is 55.5 Å². The molecule has 4 nitrogen and oxygen atoms in total. The van der Waals surface area contributed by atoms with Crippen LogP contribution in [0.4, 0.5) is 17.1 Å². The Hall–Kier alpha value is -2.46. The van der Waals surface area contributed by atoms with Gasteiger partial charge in [0.15, 0.2) is 0 Å². The number of benzene rings is 2. The minimum Gasteiger partial charge on any atom is -1.00 e. The Kier molecular flexibility index (Phi) is 5.52. The largest absolute Gasteiger partial charge is 1.00 e. The molecule has 2 aromatic carbocycles. The molecule has 0 aliphatic carbocycles. The van der Waals surface area contributed by atoms with E-state index in [4.69, 9.17) is 4.74 Å². The molecule has 0 bridgehead atoms. The lowest BCUT2D eigenvalue weighted by molar-refractivity contribution is -0.00000513. The van der Waals surface area contributed by atoms with Crippen molar-refractivity contribution in [3.05, 3.63) is 54.2 Å². The van der Waals surface area contributed by atoms with Crippen LogP contribution in [0.5, 0.6) is 5.75 Å². The Labute approximate surface area is 148 Å². The maximum Gasteiger partial charge on any atom is 0.119 e. The van der Waals surface area contributed by atoms with Crippen LogP contribution in [0.25, 0.3) is 10.9 Å². The molecule has 5 heteroatoms. The van der Waals surface area contributed by atoms with Crippen LogP contribution in [-0.2, 0) is 0 Å². The molecule has 1 heterocycles. The number of pyridine rings is 1. The molecule has 24 heavy (non-hydrogen) atoms. The van der Waals surface area contributed by atoms with Crippen molar-refractivity contribution in [3.63, 3.8) is 0 Å². The number of aromatic nitrogens is 1. The van der Waals surface area contributed by atoms with Crippen LogP contribution in [0.3, 0.4) is 0 Å². The fraction of sp³-hybridized carbons (Fsp3) is 0.211. The number of anilines is 3. The summed E-state index contributed by atoms with van der Waals surface area (Å²) in [5.41, 5.74) is 5.19. The molecule has 0 fully saturated rings. The second-order valence-corrected chi connectivity index (χ2v) is 5.76. The predicted octanol–water partition coefficient (Wildman–Crippen LogP) is 1.37. The van der Waals surface area contributed by atoms with Crippen LogP contribution < -0.4 is 27.4 Å². The van der Waals surface area contributed by atoms with Crippen molar-refractivity contribution < 1.29 is 17.1 Å². The van der Waals surface area contributed by atoms with E-state index in [0.29, 0.717) is 0 Å². The van der Waals surface area contributed by atoms with Gasteiger partial charge in [0.05, 0.1) is 12.6 Å². The number of hydrogen-bond acceptors (Lipinski definition) is 4. The van der Waals surface area contributed by atoms with Crippen LogP contribution in [0.15, 0.2) is 48.5 Å². The van der Waals surface area contributed by atoms with E-state index >= 15 is 0 Å². The van der Waals surface area contributed by atoms with Gasteiger partial charge < -0.3 is 27.4 Å². The number of rotatable bonds is 4. The minimum atomic E-state index is 0. The number of nitrogens with one attached hydrogen (secondary N) is 1. The Morgan fingerprint density at radius 1 is 1.00 bits per heavy atom. The molecule has 0 atom stereocenters. The molecule has 0 spiro atoms. The number of halogens is 1. The first-order valence-electron chi connectivity index (χ1n) is 7.56. The van der Waals surface area contributed by atoms with E-state index < -0.39 is 0 Å². The summed E-state index contributed by atoms with van der Waals surface area (Å²) in [7, 11) is 5.75. The van der Waals surface area contributed by atoms with Crippen molar-refractivity contribution in [1.82, 2.24) is 4.98 Å². The first-order chi connectivity index (χ1) is 11.1. The van der Waals surface area contributed by atoms with Crippen LogP contribution in [0.1, 0.15) is 5.69 Å². The van der Waals surface area contributed by atoms with E-state index in [1.54, 1.807) is 7.11 Å². The molecular formula is C19H21ClN3O-. The zero-order valence-corrected chi connectivity index (χ0v) is 15.1. The van der Waals surface area contributed by atoms with Gasteiger partial charge in [0.1, 0.15) is 5.75 Å². The molecule has 0 saturated carbocycles. The zero-order chi connectivity index (χ0) is 16.4. The number of ether oxygens (including phenoxy) is 1. The average Bonchev–Trinajstić information content (AvgIpc) is 2.55. The number of hydrogen-bond donors (Lipinski definition) is 1. The first kappa shape index (κ1) is 17.9. The highest BCUT2D eigenvalue weighted by atomic mass is 35.5. The lowest BCUT2D eigenvalue weighted by Gasteiger charge is -2.15. The summed E-state index contributed by atoms with van der Waals surface area (Å²) in [4.78, 5) is 6.67. The third-order valence-corrected chi connectivity index (χ3v) is 3.81. The van der Waals surface area contributed by atoms with E-state index in [2.05, 4.69) is 45.5 Å². The minimum absolute atomic E-state index is 0. The fourth-order valence-electron chi connectivity index (χ4n) is 2.57. The second kappa shape index (κ2) is 7.41. The van der Waals surface area contributed by atoms with E-state index in [1.165, 1.54) is 5.69 Å². The molecule has 0 amide bonds. The number of aryl methyl sites for hydroxylation is 1. The summed E-state index contributed by atoms with van der Waals surface area (Å²) in [5, 5.41) is 4.54. The van der Waals surface area contributed by atoms with Gasteiger partial charge in [0, 0.05) is 42.2 Å². The van der Waals surface area contributed by atoms with E-state index in [1.807, 2.05) is 39.2 Å². The Morgan fingerprint density at radius 3 is 2.33 bits per heavy atom. The smallest absolute Gasteiger partial charge is 0.119 e. The Bertz CT molecular complexity index is 832. The van der Waals surface area contributed by atoms with Crippen LogP contribution in [-0.4, -0.2) is 26.2 Å². The molecular weight excluding hydrogens is 322 g/mol. The predicted molar refractivity (Wildman–Crippen MR) is 97.1 cm³/mol. The summed E-state index contributed by atoms with van der Waals surface area (Å²) < 4.78 is 5.34. The summed E-state index contributed by atoms with van der Waals surface area (Å²) in [6.07, 6.45) is 0. The quantitative estimate of drug-likeness (QED) is 0.777. The molecule has 1 aromatic heterocycles. The summed E-state index contributed by atoms with van der Waals surface area (Å²) in [5.74, 6) is 0.828. The third-order valence-electron chi connectivity index (χ3n) is 3.81. The van der Waals surface area contributed by atoms with E-state index in [-0.39, 0.29) is 12.4 Å².